The first-order chi connectivity index (χ1) is 29.9. The number of carbonyl (C=O) groups is 5. The number of carbonyl (C=O) groups excluding carboxylic acids is 5. The molecule has 322 valence electrons. The van der Waals surface area contributed by atoms with Crippen molar-refractivity contribution < 1.29 is 28.7 Å². The summed E-state index contributed by atoms with van der Waals surface area (Å²) in [6, 6.07) is 16.4. The molecule has 0 radical (unpaired) electrons. The molecule has 3 N–H and O–H groups in total. The van der Waals surface area contributed by atoms with Gasteiger partial charge in [0.05, 0.1) is 54.0 Å². The Kier molecular flexibility index (Phi) is 11.4. The van der Waals surface area contributed by atoms with Crippen molar-refractivity contribution in [3.05, 3.63) is 94.9 Å². The average molecular weight is 841 g/mol. The minimum absolute atomic E-state index is 0.0769. The number of amides is 6. The van der Waals surface area contributed by atoms with E-state index in [0.717, 1.165) is 89.9 Å². The van der Waals surface area contributed by atoms with Crippen molar-refractivity contribution in [2.24, 2.45) is 5.92 Å². The maximum absolute atomic E-state index is 13.3. The van der Waals surface area contributed by atoms with Crippen LogP contribution in [0, 0.1) is 12.8 Å². The summed E-state index contributed by atoms with van der Waals surface area (Å²) in [6.07, 6.45) is 6.16. The second-order valence-corrected chi connectivity index (χ2v) is 17.4. The number of anilines is 3. The van der Waals surface area contributed by atoms with E-state index in [0.29, 0.717) is 48.5 Å². The molecule has 0 aliphatic carbocycles. The Morgan fingerprint density at radius 3 is 2.42 bits per heavy atom. The fourth-order valence-corrected chi connectivity index (χ4v) is 9.17. The summed E-state index contributed by atoms with van der Waals surface area (Å²) in [7, 11) is 0. The van der Waals surface area contributed by atoms with Gasteiger partial charge in [0.1, 0.15) is 6.04 Å². The van der Waals surface area contributed by atoms with Crippen molar-refractivity contribution in [2.75, 3.05) is 56.0 Å². The summed E-state index contributed by atoms with van der Waals surface area (Å²) in [5, 5.41) is 8.59. The molecule has 2 aromatic heterocycles. The Balaban J connectivity index is 0.715. The molecule has 7 heterocycles. The Morgan fingerprint density at radius 2 is 1.69 bits per heavy atom. The molecule has 16 heteroatoms. The van der Waals surface area contributed by atoms with Crippen molar-refractivity contribution in [1.82, 2.24) is 40.3 Å². The van der Waals surface area contributed by atoms with Gasteiger partial charge in [0.25, 0.3) is 11.8 Å². The lowest BCUT2D eigenvalue weighted by Gasteiger charge is -2.44. The number of piperidine rings is 2. The number of nitrogens with one attached hydrogen (secondary N) is 3. The first kappa shape index (κ1) is 41.1. The summed E-state index contributed by atoms with van der Waals surface area (Å²) in [5.41, 5.74) is 7.27. The number of hydrogen-bond acceptors (Lipinski definition) is 12. The number of ether oxygens (including phenoxy) is 1. The van der Waals surface area contributed by atoms with Gasteiger partial charge < -0.3 is 30.1 Å². The molecule has 62 heavy (non-hydrogen) atoms. The summed E-state index contributed by atoms with van der Waals surface area (Å²) in [6.45, 7) is 12.5. The van der Waals surface area contributed by atoms with Crippen molar-refractivity contribution >= 4 is 47.0 Å². The van der Waals surface area contributed by atoms with E-state index in [9.17, 15) is 24.0 Å². The van der Waals surface area contributed by atoms with Crippen molar-refractivity contribution in [1.29, 1.82) is 0 Å². The van der Waals surface area contributed by atoms with Crippen molar-refractivity contribution in [2.45, 2.75) is 77.2 Å². The van der Waals surface area contributed by atoms with Gasteiger partial charge >= 0.3 is 6.03 Å². The van der Waals surface area contributed by atoms with E-state index in [-0.39, 0.29) is 31.1 Å². The van der Waals surface area contributed by atoms with Crippen LogP contribution >= 0.6 is 0 Å². The zero-order valence-corrected chi connectivity index (χ0v) is 35.3. The van der Waals surface area contributed by atoms with Crippen LogP contribution in [0.1, 0.15) is 83.0 Å². The van der Waals surface area contributed by atoms with E-state index >= 15 is 0 Å². The molecule has 2 aromatic carbocycles. The molecule has 4 fully saturated rings. The molecule has 5 aliphatic heterocycles. The number of imide groups is 2. The van der Waals surface area contributed by atoms with Crippen molar-refractivity contribution in [3.63, 3.8) is 0 Å². The summed E-state index contributed by atoms with van der Waals surface area (Å²) in [5.74, 6) is -0.595. The lowest BCUT2D eigenvalue weighted by molar-refractivity contribution is -0.136. The van der Waals surface area contributed by atoms with Gasteiger partial charge in [0, 0.05) is 67.6 Å². The van der Waals surface area contributed by atoms with E-state index in [1.54, 1.807) is 23.2 Å². The number of aryl methyl sites for hydroxylation is 1. The largest absolute Gasteiger partial charge is 0.372 e. The van der Waals surface area contributed by atoms with Crippen LogP contribution in [0.3, 0.4) is 0 Å². The van der Waals surface area contributed by atoms with Crippen LogP contribution in [0.5, 0.6) is 0 Å². The van der Waals surface area contributed by atoms with Gasteiger partial charge in [-0.1, -0.05) is 12.1 Å². The van der Waals surface area contributed by atoms with E-state index in [2.05, 4.69) is 42.9 Å². The molecule has 6 amide bonds. The van der Waals surface area contributed by atoms with Gasteiger partial charge in [0.2, 0.25) is 17.8 Å². The molecule has 0 spiro atoms. The number of pyridine rings is 1. The minimum atomic E-state index is -0.969. The molecular formula is C46H52N10O6. The lowest BCUT2D eigenvalue weighted by atomic mass is 9.91. The van der Waals surface area contributed by atoms with E-state index in [4.69, 9.17) is 14.7 Å². The smallest absolute Gasteiger partial charge is 0.317 e. The number of benzene rings is 2. The summed E-state index contributed by atoms with van der Waals surface area (Å²) < 4.78 is 5.76. The number of nitrogens with zero attached hydrogens (tertiary/aromatic N) is 7. The summed E-state index contributed by atoms with van der Waals surface area (Å²) >= 11 is 0. The van der Waals surface area contributed by atoms with Crippen LogP contribution < -0.4 is 20.9 Å². The van der Waals surface area contributed by atoms with Gasteiger partial charge in [-0.2, -0.15) is 0 Å². The topological polar surface area (TPSA) is 182 Å². The number of likely N-dealkylation sites (tertiary alicyclic amines) is 2. The van der Waals surface area contributed by atoms with E-state index in [1.165, 1.54) is 0 Å². The van der Waals surface area contributed by atoms with Crippen molar-refractivity contribution in [3.8, 4) is 11.3 Å². The highest BCUT2D eigenvalue weighted by Crippen LogP contribution is 2.34. The van der Waals surface area contributed by atoms with E-state index in [1.807, 2.05) is 57.3 Å². The average Bonchev–Trinajstić information content (AvgIpc) is 3.48. The van der Waals surface area contributed by atoms with Gasteiger partial charge in [-0.3, -0.25) is 34.4 Å². The van der Waals surface area contributed by atoms with Crippen LogP contribution in [0.2, 0.25) is 0 Å². The molecule has 0 saturated carbocycles. The predicted octanol–water partition coefficient (Wildman–Crippen LogP) is 4.63. The number of fused-ring (bicyclic) bond motifs is 1. The monoisotopic (exact) mass is 840 g/mol. The quantitative estimate of drug-likeness (QED) is 0.169. The number of aromatic nitrogens is 3. The third-order valence-corrected chi connectivity index (χ3v) is 12.6. The zero-order chi connectivity index (χ0) is 43.1. The maximum atomic E-state index is 13.3. The third-order valence-electron chi connectivity index (χ3n) is 12.6. The van der Waals surface area contributed by atoms with Crippen LogP contribution in [0.25, 0.3) is 11.3 Å². The molecule has 4 aromatic rings. The number of rotatable bonds is 12. The minimum Gasteiger partial charge on any atom is -0.372 e. The van der Waals surface area contributed by atoms with Crippen LogP contribution in [0.4, 0.5) is 22.1 Å². The molecule has 9 rings (SSSR count). The lowest BCUT2D eigenvalue weighted by Crippen LogP contribution is -2.58. The Bertz CT molecular complexity index is 2390. The highest BCUT2D eigenvalue weighted by Gasteiger charge is 2.45. The Hall–Kier alpha value is -6.26. The normalized spacial score (nSPS) is 20.0. The van der Waals surface area contributed by atoms with E-state index < -0.39 is 29.7 Å². The molecule has 16 nitrogen and oxygen atoms in total. The molecule has 5 aliphatic rings. The zero-order valence-electron chi connectivity index (χ0n) is 35.3. The van der Waals surface area contributed by atoms with Crippen LogP contribution in [-0.2, 0) is 20.9 Å². The maximum Gasteiger partial charge on any atom is 0.317 e. The molecule has 1 unspecified atom stereocenters. The van der Waals surface area contributed by atoms with Gasteiger partial charge in [0.15, 0.2) is 0 Å². The van der Waals surface area contributed by atoms with Crippen LogP contribution in [-0.4, -0.2) is 123 Å². The second kappa shape index (κ2) is 17.2. The highest BCUT2D eigenvalue weighted by molar-refractivity contribution is 6.23. The number of urea groups is 1. The van der Waals surface area contributed by atoms with Crippen LogP contribution in [0.15, 0.2) is 67.0 Å². The SMILES string of the molecule is Cc1cc(-c2ccnc(Nc3ccc(C4CCN(CC5CN(c6ccc7c(c6)C(=O)N(C6CCC(=O)NC6=O)C7=O)C5)CC4)nc3)n2)ccc1CNC(=O)N1CC(OC(C)C)C1. The van der Waals surface area contributed by atoms with Gasteiger partial charge in [-0.25, -0.2) is 14.8 Å². The second-order valence-electron chi connectivity index (χ2n) is 17.4. The highest BCUT2D eigenvalue weighted by atomic mass is 16.5. The summed E-state index contributed by atoms with van der Waals surface area (Å²) in [4.78, 5) is 84.6. The predicted molar refractivity (Wildman–Crippen MR) is 231 cm³/mol. The molecule has 4 saturated heterocycles. The third kappa shape index (κ3) is 8.61. The molecular weight excluding hydrogens is 789 g/mol. The van der Waals surface area contributed by atoms with Gasteiger partial charge in [-0.05, 0) is 107 Å². The standard InChI is InChI=1S/C46H52N10O6/c1-27(2)62-35-25-55(26-35)46(61)49-20-32-5-4-31(18-28(32)3)39-12-15-47-45(51-39)50-33-6-9-38(48-21-33)30-13-16-53(17-14-30)22-29-23-54(24-29)34-7-8-36-37(19-34)44(60)56(43(36)59)40-10-11-41(57)52-42(40)58/h4-9,12,15,18-19,21,27,29-30,35,40H,10-11,13-14,16-17,20,22-26H2,1-3H3,(H,49,61)(H,47,50,51)(H,52,57,58). The molecule has 1 atom stereocenters. The fourth-order valence-electron chi connectivity index (χ4n) is 9.17. The number of hydrogen-bond donors (Lipinski definition) is 3. The molecule has 0 bridgehead atoms. The first-order valence-corrected chi connectivity index (χ1v) is 21.6. The Morgan fingerprint density at radius 1 is 0.903 bits per heavy atom. The first-order valence-electron chi connectivity index (χ1n) is 21.6. The van der Waals surface area contributed by atoms with Gasteiger partial charge in [-0.15, -0.1) is 0 Å². The fraction of sp³-hybridized carbons (Fsp3) is 0.435. The Labute approximate surface area is 360 Å².